The second-order valence-corrected chi connectivity index (χ2v) is 9.71. The van der Waals surface area contributed by atoms with Crippen LogP contribution in [-0.2, 0) is 4.79 Å². The molecule has 0 saturated carbocycles. The molecule has 152 valence electrons. The number of ketones is 1. The molecule has 0 aromatic heterocycles. The second-order valence-electron chi connectivity index (χ2n) is 9.71. The van der Waals surface area contributed by atoms with Crippen molar-refractivity contribution in [2.24, 2.45) is 5.41 Å². The lowest BCUT2D eigenvalue weighted by Gasteiger charge is -2.40. The monoisotopic (exact) mass is 403 g/mol. The van der Waals surface area contributed by atoms with Gasteiger partial charge in [-0.25, -0.2) is 0 Å². The van der Waals surface area contributed by atoms with E-state index in [1.54, 1.807) is 0 Å². The molecular formula is C29H25NO. The Bertz CT molecular complexity index is 1400. The number of benzene rings is 4. The number of rotatable bonds is 1. The third-order valence-corrected chi connectivity index (χ3v) is 6.89. The van der Waals surface area contributed by atoms with Crippen molar-refractivity contribution in [2.75, 3.05) is 5.32 Å². The van der Waals surface area contributed by atoms with Crippen LogP contribution in [-0.4, -0.2) is 5.78 Å². The molecule has 0 amide bonds. The van der Waals surface area contributed by atoms with Gasteiger partial charge in [0, 0.05) is 29.3 Å². The molecule has 1 aliphatic heterocycles. The topological polar surface area (TPSA) is 29.1 Å². The van der Waals surface area contributed by atoms with Gasteiger partial charge in [0.05, 0.1) is 0 Å². The predicted octanol–water partition coefficient (Wildman–Crippen LogP) is 7.19. The van der Waals surface area contributed by atoms with Gasteiger partial charge in [-0.1, -0.05) is 86.6 Å². The van der Waals surface area contributed by atoms with E-state index in [9.17, 15) is 4.79 Å². The molecule has 1 aliphatic carbocycles. The van der Waals surface area contributed by atoms with Gasteiger partial charge >= 0.3 is 0 Å². The van der Waals surface area contributed by atoms with E-state index in [1.807, 2.05) is 0 Å². The highest BCUT2D eigenvalue weighted by Gasteiger charge is 2.41. The molecule has 4 aromatic carbocycles. The molecule has 1 atom stereocenters. The highest BCUT2D eigenvalue weighted by molar-refractivity contribution is 6.05. The Hall–Kier alpha value is -3.39. The first kappa shape index (κ1) is 18.4. The van der Waals surface area contributed by atoms with Crippen molar-refractivity contribution in [3.63, 3.8) is 0 Å². The van der Waals surface area contributed by atoms with Crippen LogP contribution in [0.1, 0.15) is 43.7 Å². The standard InChI is InChI=1S/C29H25NO/c1-29(2)16-24-28(25(31)17-29)27(22-13-7-10-18-8-3-5-11-20(18)22)26-21-12-6-4-9-19(21)14-15-23(26)30-24/h3-15,27,30H,16-17H2,1-2H3/t27-/m0/s1. The summed E-state index contributed by atoms with van der Waals surface area (Å²) in [5.41, 5.74) is 5.60. The van der Waals surface area contributed by atoms with E-state index >= 15 is 0 Å². The van der Waals surface area contributed by atoms with Crippen LogP contribution in [0.15, 0.2) is 90.1 Å². The number of Topliss-reactive ketones (excluding diaryl/α,β-unsaturated/α-hetero) is 1. The lowest BCUT2D eigenvalue weighted by molar-refractivity contribution is -0.118. The third-order valence-electron chi connectivity index (χ3n) is 6.89. The molecule has 0 radical (unpaired) electrons. The first-order valence-corrected chi connectivity index (χ1v) is 11.0. The van der Waals surface area contributed by atoms with Crippen molar-refractivity contribution in [2.45, 2.75) is 32.6 Å². The zero-order valence-electron chi connectivity index (χ0n) is 17.9. The van der Waals surface area contributed by atoms with Crippen molar-refractivity contribution in [3.05, 3.63) is 101 Å². The maximum absolute atomic E-state index is 13.6. The molecule has 0 unspecified atom stereocenters. The number of carbonyl (C=O) groups is 1. The van der Waals surface area contributed by atoms with Gasteiger partial charge in [-0.2, -0.15) is 0 Å². The molecule has 2 aliphatic rings. The molecular weight excluding hydrogens is 378 g/mol. The van der Waals surface area contributed by atoms with Crippen LogP contribution in [0.2, 0.25) is 0 Å². The number of hydrogen-bond acceptors (Lipinski definition) is 2. The molecule has 1 N–H and O–H groups in total. The van der Waals surface area contributed by atoms with Crippen molar-refractivity contribution >= 4 is 33.0 Å². The Labute approximate surface area is 182 Å². The van der Waals surface area contributed by atoms with Gasteiger partial charge in [-0.3, -0.25) is 4.79 Å². The van der Waals surface area contributed by atoms with E-state index in [0.29, 0.717) is 6.42 Å². The van der Waals surface area contributed by atoms with Crippen molar-refractivity contribution in [1.82, 2.24) is 0 Å². The Morgan fingerprint density at radius 3 is 2.26 bits per heavy atom. The van der Waals surface area contributed by atoms with Crippen LogP contribution in [0, 0.1) is 5.41 Å². The number of anilines is 1. The van der Waals surface area contributed by atoms with E-state index in [4.69, 9.17) is 0 Å². The van der Waals surface area contributed by atoms with Crippen LogP contribution < -0.4 is 5.32 Å². The van der Waals surface area contributed by atoms with Crippen LogP contribution >= 0.6 is 0 Å². The summed E-state index contributed by atoms with van der Waals surface area (Å²) in [5.74, 6) is 0.210. The molecule has 4 aromatic rings. The molecule has 0 fully saturated rings. The summed E-state index contributed by atoms with van der Waals surface area (Å²) >= 11 is 0. The summed E-state index contributed by atoms with van der Waals surface area (Å²) in [7, 11) is 0. The lowest BCUT2D eigenvalue weighted by Crippen LogP contribution is -2.34. The number of hydrogen-bond donors (Lipinski definition) is 1. The normalized spacial score (nSPS) is 19.8. The minimum atomic E-state index is -0.0629. The third kappa shape index (κ3) is 2.82. The quantitative estimate of drug-likeness (QED) is 0.364. The Balaban J connectivity index is 1.72. The molecule has 0 bridgehead atoms. The molecule has 1 heterocycles. The Morgan fingerprint density at radius 2 is 1.45 bits per heavy atom. The summed E-state index contributed by atoms with van der Waals surface area (Å²) in [6.07, 6.45) is 1.48. The number of nitrogens with one attached hydrogen (secondary N) is 1. The first-order valence-electron chi connectivity index (χ1n) is 11.0. The summed E-state index contributed by atoms with van der Waals surface area (Å²) in [6.45, 7) is 4.39. The van der Waals surface area contributed by atoms with Gasteiger partial charge < -0.3 is 5.32 Å². The maximum Gasteiger partial charge on any atom is 0.162 e. The van der Waals surface area contributed by atoms with Crippen molar-refractivity contribution < 1.29 is 4.79 Å². The summed E-state index contributed by atoms with van der Waals surface area (Å²) < 4.78 is 0. The summed E-state index contributed by atoms with van der Waals surface area (Å²) in [4.78, 5) is 13.6. The second kappa shape index (κ2) is 6.55. The highest BCUT2D eigenvalue weighted by Crippen LogP contribution is 2.51. The zero-order valence-corrected chi connectivity index (χ0v) is 17.9. The average molecular weight is 404 g/mol. The van der Waals surface area contributed by atoms with Crippen LogP contribution in [0.3, 0.4) is 0 Å². The number of carbonyl (C=O) groups excluding carboxylic acids is 1. The fourth-order valence-corrected chi connectivity index (χ4v) is 5.62. The molecule has 0 saturated heterocycles. The highest BCUT2D eigenvalue weighted by atomic mass is 16.1. The molecule has 0 spiro atoms. The number of allylic oxidation sites excluding steroid dienone is 2. The van der Waals surface area contributed by atoms with Gasteiger partial charge in [0.1, 0.15) is 0 Å². The maximum atomic E-state index is 13.6. The average Bonchev–Trinajstić information content (AvgIpc) is 2.76. The van der Waals surface area contributed by atoms with Crippen LogP contribution in [0.5, 0.6) is 0 Å². The van der Waals surface area contributed by atoms with Gasteiger partial charge in [0.2, 0.25) is 0 Å². The zero-order chi connectivity index (χ0) is 21.2. The van der Waals surface area contributed by atoms with Crippen LogP contribution in [0.25, 0.3) is 21.5 Å². The SMILES string of the molecule is CC1(C)CC(=O)C2=C(C1)Nc1ccc3ccccc3c1[C@@H]2c1cccc2ccccc12. The summed E-state index contributed by atoms with van der Waals surface area (Å²) in [6, 6.07) is 27.9. The Morgan fingerprint density at radius 1 is 0.774 bits per heavy atom. The lowest BCUT2D eigenvalue weighted by atomic mass is 9.67. The minimum Gasteiger partial charge on any atom is -0.358 e. The molecule has 31 heavy (non-hydrogen) atoms. The van der Waals surface area contributed by atoms with Crippen LogP contribution in [0.4, 0.5) is 5.69 Å². The number of fused-ring (bicyclic) bond motifs is 4. The molecule has 2 heteroatoms. The molecule has 2 nitrogen and oxygen atoms in total. The van der Waals surface area contributed by atoms with E-state index in [2.05, 4.69) is 98.0 Å². The minimum absolute atomic E-state index is 0.0272. The fourth-order valence-electron chi connectivity index (χ4n) is 5.62. The van der Waals surface area contributed by atoms with Crippen molar-refractivity contribution in [1.29, 1.82) is 0 Å². The van der Waals surface area contributed by atoms with E-state index in [0.717, 1.165) is 23.4 Å². The van der Waals surface area contributed by atoms with Crippen molar-refractivity contribution in [3.8, 4) is 0 Å². The fraction of sp³-hybridized carbons (Fsp3) is 0.207. The Kier molecular flexibility index (Phi) is 3.89. The van der Waals surface area contributed by atoms with Gasteiger partial charge in [0.15, 0.2) is 5.78 Å². The predicted molar refractivity (Wildman–Crippen MR) is 128 cm³/mol. The first-order chi connectivity index (χ1) is 15.0. The van der Waals surface area contributed by atoms with E-state index < -0.39 is 0 Å². The van der Waals surface area contributed by atoms with Gasteiger partial charge in [-0.05, 0) is 50.6 Å². The van der Waals surface area contributed by atoms with E-state index in [-0.39, 0.29) is 17.1 Å². The van der Waals surface area contributed by atoms with E-state index in [1.165, 1.54) is 32.7 Å². The van der Waals surface area contributed by atoms with Gasteiger partial charge in [0.25, 0.3) is 0 Å². The largest absolute Gasteiger partial charge is 0.358 e. The summed E-state index contributed by atoms with van der Waals surface area (Å²) in [5, 5.41) is 8.55. The smallest absolute Gasteiger partial charge is 0.162 e. The van der Waals surface area contributed by atoms with Gasteiger partial charge in [-0.15, -0.1) is 0 Å². The molecule has 6 rings (SSSR count).